The molecule has 0 radical (unpaired) electrons. The summed E-state index contributed by atoms with van der Waals surface area (Å²) in [6.45, 7) is 0.179. The minimum absolute atomic E-state index is 0.00536. The number of nitrogens with zero attached hydrogens (tertiary/aromatic N) is 3. The fourth-order valence-electron chi connectivity index (χ4n) is 2.35. The Bertz CT molecular complexity index is 994. The second-order valence-corrected chi connectivity index (χ2v) is 6.96. The number of ether oxygens (including phenoxy) is 2. The number of non-ortho nitro benzene ring substituents is 1. The maximum absolute atomic E-state index is 12.1. The molecule has 2 aromatic rings. The molecule has 0 atom stereocenters. The number of nitro groups is 1. The van der Waals surface area contributed by atoms with Gasteiger partial charge >= 0.3 is 0 Å². The highest BCUT2D eigenvalue weighted by molar-refractivity contribution is 9.10. The summed E-state index contributed by atoms with van der Waals surface area (Å²) in [4.78, 5) is 23.6. The fourth-order valence-corrected chi connectivity index (χ4v) is 2.78. The zero-order valence-corrected chi connectivity index (χ0v) is 17.6. The molecule has 0 aliphatic rings. The van der Waals surface area contributed by atoms with Crippen molar-refractivity contribution in [2.24, 2.45) is 0 Å². The SMILES string of the molecule is COc1cc(/C=C(/C#N)C(=O)N(C)C)c(Br)cc1OCc1ccc([N+](=O)[O-])cc1. The summed E-state index contributed by atoms with van der Waals surface area (Å²) in [5.41, 5.74) is 1.32. The molecule has 0 N–H and O–H groups in total. The van der Waals surface area contributed by atoms with E-state index in [1.54, 1.807) is 38.4 Å². The Hall–Kier alpha value is -3.38. The Kier molecular flexibility index (Phi) is 7.33. The van der Waals surface area contributed by atoms with E-state index in [0.717, 1.165) is 5.56 Å². The van der Waals surface area contributed by atoms with Crippen molar-refractivity contribution in [1.82, 2.24) is 4.90 Å². The summed E-state index contributed by atoms with van der Waals surface area (Å²) in [5.74, 6) is 0.445. The number of methoxy groups -OCH3 is 1. The number of halogens is 1. The van der Waals surface area contributed by atoms with Crippen LogP contribution in [0.3, 0.4) is 0 Å². The average Bonchev–Trinajstić information content (AvgIpc) is 2.71. The van der Waals surface area contributed by atoms with Gasteiger partial charge in [0.1, 0.15) is 18.2 Å². The summed E-state index contributed by atoms with van der Waals surface area (Å²) < 4.78 is 11.7. The Labute approximate surface area is 176 Å². The van der Waals surface area contributed by atoms with Crippen molar-refractivity contribution in [1.29, 1.82) is 5.26 Å². The van der Waals surface area contributed by atoms with Gasteiger partial charge in [0.15, 0.2) is 11.5 Å². The van der Waals surface area contributed by atoms with Gasteiger partial charge in [0.2, 0.25) is 0 Å². The van der Waals surface area contributed by atoms with Crippen LogP contribution in [0, 0.1) is 21.4 Å². The molecule has 8 nitrogen and oxygen atoms in total. The molecule has 0 aromatic heterocycles. The molecule has 0 saturated carbocycles. The van der Waals surface area contributed by atoms with Crippen LogP contribution in [0.1, 0.15) is 11.1 Å². The van der Waals surface area contributed by atoms with Crippen LogP contribution < -0.4 is 9.47 Å². The third-order valence-electron chi connectivity index (χ3n) is 3.88. The molecule has 0 spiro atoms. The largest absolute Gasteiger partial charge is 0.493 e. The summed E-state index contributed by atoms with van der Waals surface area (Å²) in [7, 11) is 4.61. The second-order valence-electron chi connectivity index (χ2n) is 6.11. The lowest BCUT2D eigenvalue weighted by Gasteiger charge is -2.13. The van der Waals surface area contributed by atoms with Crippen molar-refractivity contribution in [3.63, 3.8) is 0 Å². The average molecular weight is 460 g/mol. The zero-order chi connectivity index (χ0) is 21.6. The first-order valence-corrected chi connectivity index (χ1v) is 9.13. The number of benzene rings is 2. The molecule has 2 rings (SSSR count). The van der Waals surface area contributed by atoms with Crippen molar-refractivity contribution in [3.8, 4) is 17.6 Å². The predicted octanol–water partition coefficient (Wildman–Crippen LogP) is 3.94. The van der Waals surface area contributed by atoms with Gasteiger partial charge < -0.3 is 14.4 Å². The number of hydrogen-bond acceptors (Lipinski definition) is 6. The van der Waals surface area contributed by atoms with E-state index in [4.69, 9.17) is 9.47 Å². The minimum atomic E-state index is -0.465. The van der Waals surface area contributed by atoms with Crippen molar-refractivity contribution in [2.45, 2.75) is 6.61 Å². The van der Waals surface area contributed by atoms with Crippen LogP contribution in [0.25, 0.3) is 6.08 Å². The van der Waals surface area contributed by atoms with Crippen LogP contribution in [0.2, 0.25) is 0 Å². The zero-order valence-electron chi connectivity index (χ0n) is 16.0. The number of likely N-dealkylation sites (N-methyl/N-ethyl adjacent to an activating group) is 1. The van der Waals surface area contributed by atoms with Gasteiger partial charge in [-0.25, -0.2) is 0 Å². The molecular formula is C20H18BrN3O5. The van der Waals surface area contributed by atoms with Gasteiger partial charge in [0.25, 0.3) is 11.6 Å². The molecule has 0 unspecified atom stereocenters. The summed E-state index contributed by atoms with van der Waals surface area (Å²) >= 11 is 3.42. The molecule has 1 amide bonds. The minimum Gasteiger partial charge on any atom is -0.493 e. The van der Waals surface area contributed by atoms with Crippen molar-refractivity contribution >= 4 is 33.6 Å². The summed E-state index contributed by atoms with van der Waals surface area (Å²) in [5, 5.41) is 20.0. The van der Waals surface area contributed by atoms with Crippen LogP contribution in [0.5, 0.6) is 11.5 Å². The van der Waals surface area contributed by atoms with Gasteiger partial charge in [0.05, 0.1) is 12.0 Å². The van der Waals surface area contributed by atoms with E-state index in [0.29, 0.717) is 21.5 Å². The number of carbonyl (C=O) groups is 1. The van der Waals surface area contributed by atoms with Gasteiger partial charge in [-0.2, -0.15) is 5.26 Å². The molecule has 0 aliphatic carbocycles. The summed E-state index contributed by atoms with van der Waals surface area (Å²) in [6, 6.07) is 11.3. The van der Waals surface area contributed by atoms with E-state index in [-0.39, 0.29) is 17.9 Å². The van der Waals surface area contributed by atoms with Crippen LogP contribution in [-0.2, 0) is 11.4 Å². The maximum atomic E-state index is 12.1. The van der Waals surface area contributed by atoms with Crippen LogP contribution in [-0.4, -0.2) is 36.9 Å². The molecule has 0 saturated heterocycles. The molecule has 2 aromatic carbocycles. The normalized spacial score (nSPS) is 10.8. The number of nitro benzene ring substituents is 1. The van der Waals surface area contributed by atoms with Gasteiger partial charge in [-0.15, -0.1) is 0 Å². The van der Waals surface area contributed by atoms with E-state index in [1.165, 1.54) is 30.2 Å². The Morgan fingerprint density at radius 3 is 2.45 bits per heavy atom. The third-order valence-corrected chi connectivity index (χ3v) is 4.57. The number of carbonyl (C=O) groups excluding carboxylic acids is 1. The lowest BCUT2D eigenvalue weighted by molar-refractivity contribution is -0.384. The molecule has 150 valence electrons. The van der Waals surface area contributed by atoms with E-state index < -0.39 is 10.8 Å². The first-order chi connectivity index (χ1) is 13.8. The van der Waals surface area contributed by atoms with Gasteiger partial charge in [-0.3, -0.25) is 14.9 Å². The number of amides is 1. The molecule has 29 heavy (non-hydrogen) atoms. The summed E-state index contributed by atoms with van der Waals surface area (Å²) in [6.07, 6.45) is 1.47. The molecule has 0 bridgehead atoms. The standard InChI is InChI=1S/C20H18BrN3O5/c1-23(2)20(25)15(11-22)8-14-9-18(28-3)19(10-17(14)21)29-12-13-4-6-16(7-5-13)24(26)27/h4-10H,12H2,1-3H3/b15-8-. The predicted molar refractivity (Wildman–Crippen MR) is 110 cm³/mol. The third kappa shape index (κ3) is 5.56. The molecule has 0 heterocycles. The van der Waals surface area contributed by atoms with Gasteiger partial charge in [-0.05, 0) is 41.5 Å². The van der Waals surface area contributed by atoms with Crippen molar-refractivity contribution in [2.75, 3.05) is 21.2 Å². The van der Waals surface area contributed by atoms with Crippen LogP contribution in [0.4, 0.5) is 5.69 Å². The second kappa shape index (κ2) is 9.71. The number of rotatable bonds is 7. The van der Waals surface area contributed by atoms with Crippen molar-refractivity contribution < 1.29 is 19.2 Å². The lowest BCUT2D eigenvalue weighted by Crippen LogP contribution is -2.22. The van der Waals surface area contributed by atoms with Crippen molar-refractivity contribution in [3.05, 3.63) is 67.7 Å². The maximum Gasteiger partial charge on any atom is 0.269 e. The highest BCUT2D eigenvalue weighted by Gasteiger charge is 2.15. The van der Waals surface area contributed by atoms with Gasteiger partial charge in [-0.1, -0.05) is 15.9 Å². The molecule has 0 fully saturated rings. The van der Waals surface area contributed by atoms with E-state index in [2.05, 4.69) is 15.9 Å². The highest BCUT2D eigenvalue weighted by atomic mass is 79.9. The van der Waals surface area contributed by atoms with E-state index >= 15 is 0 Å². The Balaban J connectivity index is 2.27. The molecule has 9 heteroatoms. The van der Waals surface area contributed by atoms with E-state index in [1.807, 2.05) is 6.07 Å². The number of nitriles is 1. The van der Waals surface area contributed by atoms with Gasteiger partial charge in [0, 0.05) is 30.7 Å². The fraction of sp³-hybridized carbons (Fsp3) is 0.200. The quantitative estimate of drug-likeness (QED) is 0.268. The lowest BCUT2D eigenvalue weighted by atomic mass is 10.1. The van der Waals surface area contributed by atoms with E-state index in [9.17, 15) is 20.2 Å². The first kappa shape index (κ1) is 21.9. The van der Waals surface area contributed by atoms with Crippen LogP contribution in [0.15, 0.2) is 46.4 Å². The smallest absolute Gasteiger partial charge is 0.269 e. The Morgan fingerprint density at radius 1 is 1.28 bits per heavy atom. The Morgan fingerprint density at radius 2 is 1.93 bits per heavy atom. The molecular weight excluding hydrogens is 442 g/mol. The van der Waals surface area contributed by atoms with Crippen LogP contribution >= 0.6 is 15.9 Å². The number of hydrogen-bond donors (Lipinski definition) is 0. The first-order valence-electron chi connectivity index (χ1n) is 8.34. The topological polar surface area (TPSA) is 106 Å². The monoisotopic (exact) mass is 459 g/mol. The highest BCUT2D eigenvalue weighted by Crippen LogP contribution is 2.35. The molecule has 0 aliphatic heterocycles.